The van der Waals surface area contributed by atoms with Crippen LogP contribution < -0.4 is 0 Å². The Morgan fingerprint density at radius 2 is 1.91 bits per heavy atom. The molecule has 0 bridgehead atoms. The van der Waals surface area contributed by atoms with Gasteiger partial charge in [0.05, 0.1) is 17.5 Å². The van der Waals surface area contributed by atoms with Crippen LogP contribution in [0.25, 0.3) is 11.0 Å². The highest BCUT2D eigenvalue weighted by atomic mass is 32.2. The molecule has 3 aromatic rings. The van der Waals surface area contributed by atoms with E-state index in [0.717, 1.165) is 21.8 Å². The first kappa shape index (κ1) is 15.6. The fourth-order valence-electron chi connectivity index (χ4n) is 2.25. The molecule has 0 saturated heterocycles. The van der Waals surface area contributed by atoms with Gasteiger partial charge >= 0.3 is 5.97 Å². The third-order valence-electron chi connectivity index (χ3n) is 3.38. The Morgan fingerprint density at radius 1 is 1.17 bits per heavy atom. The summed E-state index contributed by atoms with van der Waals surface area (Å²) in [6, 6.07) is 17.6. The fraction of sp³-hybridized carbons (Fsp3) is 0.222. The lowest BCUT2D eigenvalue weighted by Crippen LogP contribution is -2.11. The van der Waals surface area contributed by atoms with Crippen LogP contribution in [0.15, 0.2) is 59.8 Å². The van der Waals surface area contributed by atoms with Crippen LogP contribution in [-0.4, -0.2) is 21.2 Å². The van der Waals surface area contributed by atoms with E-state index in [1.807, 2.05) is 61.5 Å². The molecule has 0 amide bonds. The number of hydrogen-bond donors (Lipinski definition) is 1. The first-order valence-electron chi connectivity index (χ1n) is 7.51. The lowest BCUT2D eigenvalue weighted by Gasteiger charge is -2.09. The van der Waals surface area contributed by atoms with Crippen molar-refractivity contribution in [3.05, 3.63) is 60.2 Å². The third-order valence-corrected chi connectivity index (χ3v) is 4.36. The average molecular weight is 326 g/mol. The van der Waals surface area contributed by atoms with Gasteiger partial charge in [-0.25, -0.2) is 4.98 Å². The number of para-hydroxylation sites is 2. The largest absolute Gasteiger partial charge is 0.461 e. The second kappa shape index (κ2) is 7.33. The summed E-state index contributed by atoms with van der Waals surface area (Å²) in [7, 11) is 0. The van der Waals surface area contributed by atoms with E-state index in [1.165, 1.54) is 0 Å². The first-order chi connectivity index (χ1) is 11.2. The highest BCUT2D eigenvalue weighted by Crippen LogP contribution is 2.25. The summed E-state index contributed by atoms with van der Waals surface area (Å²) in [4.78, 5) is 19.7. The lowest BCUT2D eigenvalue weighted by molar-refractivity contribution is -0.144. The van der Waals surface area contributed by atoms with E-state index in [2.05, 4.69) is 9.97 Å². The smallest absolute Gasteiger partial charge is 0.307 e. The molecule has 1 unspecified atom stereocenters. The molecule has 4 nitrogen and oxygen atoms in total. The molecule has 1 heterocycles. The third kappa shape index (κ3) is 4.36. The highest BCUT2D eigenvalue weighted by Gasteiger charge is 2.14. The summed E-state index contributed by atoms with van der Waals surface area (Å²) in [5.41, 5.74) is 2.95. The number of aromatic nitrogens is 2. The Morgan fingerprint density at radius 3 is 2.70 bits per heavy atom. The topological polar surface area (TPSA) is 55.0 Å². The predicted octanol–water partition coefficient (Wildman–Crippen LogP) is 4.18. The molecule has 0 aliphatic heterocycles. The molecular weight excluding hydrogens is 308 g/mol. The fourth-order valence-corrected chi connectivity index (χ4v) is 3.17. The summed E-state index contributed by atoms with van der Waals surface area (Å²) in [5.74, 6) is -0.190. The number of nitrogens with zero attached hydrogens (tertiary/aromatic N) is 1. The molecule has 0 aliphatic carbocycles. The SMILES string of the molecule is CC(CC(=O)OCc1ccccc1)Sc1nc2ccccc2[nH]1. The van der Waals surface area contributed by atoms with Crippen LogP contribution in [0.1, 0.15) is 18.9 Å². The van der Waals surface area contributed by atoms with Gasteiger partial charge in [0.1, 0.15) is 6.61 Å². The van der Waals surface area contributed by atoms with Gasteiger partial charge in [-0.1, -0.05) is 61.2 Å². The zero-order valence-corrected chi connectivity index (χ0v) is 13.7. The van der Waals surface area contributed by atoms with Gasteiger partial charge in [-0.3, -0.25) is 4.79 Å². The van der Waals surface area contributed by atoms with E-state index < -0.39 is 0 Å². The lowest BCUT2D eigenvalue weighted by atomic mass is 10.2. The minimum atomic E-state index is -0.190. The predicted molar refractivity (Wildman–Crippen MR) is 92.3 cm³/mol. The number of esters is 1. The van der Waals surface area contributed by atoms with Crippen molar-refractivity contribution in [2.24, 2.45) is 0 Å². The first-order valence-corrected chi connectivity index (χ1v) is 8.39. The Kier molecular flexibility index (Phi) is 4.98. The van der Waals surface area contributed by atoms with Crippen molar-refractivity contribution in [1.29, 1.82) is 0 Å². The van der Waals surface area contributed by atoms with Crippen LogP contribution in [0, 0.1) is 0 Å². The number of rotatable bonds is 6. The van der Waals surface area contributed by atoms with Gasteiger partial charge in [-0.2, -0.15) is 0 Å². The van der Waals surface area contributed by atoms with Crippen LogP contribution in [0.2, 0.25) is 0 Å². The number of H-pyrrole nitrogens is 1. The zero-order valence-electron chi connectivity index (χ0n) is 12.9. The highest BCUT2D eigenvalue weighted by molar-refractivity contribution is 7.99. The molecule has 0 saturated carbocycles. The van der Waals surface area contributed by atoms with E-state index in [0.29, 0.717) is 13.0 Å². The molecule has 0 fully saturated rings. The molecule has 1 atom stereocenters. The molecule has 2 aromatic carbocycles. The molecule has 118 valence electrons. The number of aromatic amines is 1. The molecule has 0 radical (unpaired) electrons. The normalized spacial score (nSPS) is 12.2. The number of thioether (sulfide) groups is 1. The van der Waals surface area contributed by atoms with Crippen LogP contribution in [0.5, 0.6) is 0 Å². The van der Waals surface area contributed by atoms with Gasteiger partial charge < -0.3 is 9.72 Å². The number of imidazole rings is 1. The number of hydrogen-bond acceptors (Lipinski definition) is 4. The van der Waals surface area contributed by atoms with Gasteiger partial charge in [0.15, 0.2) is 5.16 Å². The molecular formula is C18H18N2O2S. The maximum atomic E-state index is 11.9. The number of nitrogens with one attached hydrogen (secondary N) is 1. The summed E-state index contributed by atoms with van der Waals surface area (Å²) >= 11 is 1.55. The van der Waals surface area contributed by atoms with Crippen molar-refractivity contribution in [3.8, 4) is 0 Å². The summed E-state index contributed by atoms with van der Waals surface area (Å²) in [6.45, 7) is 2.32. The minimum Gasteiger partial charge on any atom is -0.461 e. The van der Waals surface area contributed by atoms with Crippen LogP contribution >= 0.6 is 11.8 Å². The van der Waals surface area contributed by atoms with E-state index in [1.54, 1.807) is 11.8 Å². The maximum absolute atomic E-state index is 11.9. The molecule has 3 rings (SSSR count). The number of carbonyl (C=O) groups is 1. The van der Waals surface area contributed by atoms with E-state index >= 15 is 0 Å². The second-order valence-corrected chi connectivity index (χ2v) is 6.77. The summed E-state index contributed by atoms with van der Waals surface area (Å²) in [6.07, 6.45) is 0.356. The van der Waals surface area contributed by atoms with Gasteiger partial charge in [0.25, 0.3) is 0 Å². The molecule has 23 heavy (non-hydrogen) atoms. The number of ether oxygens (including phenoxy) is 1. The van der Waals surface area contributed by atoms with Crippen molar-refractivity contribution in [3.63, 3.8) is 0 Å². The van der Waals surface area contributed by atoms with Crippen molar-refractivity contribution in [2.45, 2.75) is 30.4 Å². The average Bonchev–Trinajstić information content (AvgIpc) is 2.96. The Labute approximate surface area is 139 Å². The zero-order chi connectivity index (χ0) is 16.1. The van der Waals surface area contributed by atoms with Crippen molar-refractivity contribution >= 4 is 28.8 Å². The number of carbonyl (C=O) groups excluding carboxylic acids is 1. The van der Waals surface area contributed by atoms with Crippen LogP contribution in [0.4, 0.5) is 0 Å². The number of fused-ring (bicyclic) bond motifs is 1. The molecule has 1 aromatic heterocycles. The molecule has 5 heteroatoms. The van der Waals surface area contributed by atoms with Gasteiger partial charge in [-0.05, 0) is 17.7 Å². The van der Waals surface area contributed by atoms with Gasteiger partial charge in [-0.15, -0.1) is 0 Å². The Hall–Kier alpha value is -2.27. The monoisotopic (exact) mass is 326 g/mol. The summed E-state index contributed by atoms with van der Waals surface area (Å²) < 4.78 is 5.31. The van der Waals surface area contributed by atoms with Crippen molar-refractivity contribution in [1.82, 2.24) is 9.97 Å². The molecule has 0 spiro atoms. The maximum Gasteiger partial charge on any atom is 0.307 e. The van der Waals surface area contributed by atoms with Crippen molar-refractivity contribution < 1.29 is 9.53 Å². The van der Waals surface area contributed by atoms with E-state index in [4.69, 9.17) is 4.74 Å². The number of benzene rings is 2. The van der Waals surface area contributed by atoms with E-state index in [-0.39, 0.29) is 11.2 Å². The van der Waals surface area contributed by atoms with Gasteiger partial charge in [0.2, 0.25) is 0 Å². The standard InChI is InChI=1S/C18H18N2O2S/c1-13(11-17(21)22-12-14-7-3-2-4-8-14)23-18-19-15-9-5-6-10-16(15)20-18/h2-10,13H,11-12H2,1H3,(H,19,20). The van der Waals surface area contributed by atoms with Crippen LogP contribution in [0.3, 0.4) is 0 Å². The molecule has 1 N–H and O–H groups in total. The van der Waals surface area contributed by atoms with E-state index in [9.17, 15) is 4.79 Å². The summed E-state index contributed by atoms with van der Waals surface area (Å²) in [5, 5.41) is 0.924. The van der Waals surface area contributed by atoms with Crippen molar-refractivity contribution in [2.75, 3.05) is 0 Å². The second-order valence-electron chi connectivity index (χ2n) is 5.34. The van der Waals surface area contributed by atoms with Crippen LogP contribution in [-0.2, 0) is 16.1 Å². The van der Waals surface area contributed by atoms with Gasteiger partial charge in [0, 0.05) is 5.25 Å². The Balaban J connectivity index is 1.50. The quantitative estimate of drug-likeness (QED) is 0.545. The Bertz CT molecular complexity index is 753. The minimum absolute atomic E-state index is 0.0961. The molecule has 0 aliphatic rings.